The fraction of sp³-hybridized carbons (Fsp3) is 0.231. The van der Waals surface area contributed by atoms with Crippen LogP contribution in [0, 0.1) is 17.0 Å². The summed E-state index contributed by atoms with van der Waals surface area (Å²) in [7, 11) is 0. The van der Waals surface area contributed by atoms with Crippen LogP contribution < -0.4 is 4.74 Å². The highest BCUT2D eigenvalue weighted by molar-refractivity contribution is 7.09. The van der Waals surface area contributed by atoms with Gasteiger partial charge in [0.05, 0.1) is 21.2 Å². The lowest BCUT2D eigenvalue weighted by Gasteiger charge is -2.08. The molecule has 0 spiro atoms. The smallest absolute Gasteiger partial charge is 0.270 e. The number of carbonyl (C=O) groups is 1. The highest BCUT2D eigenvalue weighted by Gasteiger charge is 2.15. The third kappa shape index (κ3) is 3.18. The van der Waals surface area contributed by atoms with Crippen molar-refractivity contribution in [2.75, 3.05) is 0 Å². The Hall–Kier alpha value is -2.28. The lowest BCUT2D eigenvalue weighted by molar-refractivity contribution is -0.384. The van der Waals surface area contributed by atoms with Crippen LogP contribution in [0.5, 0.6) is 5.75 Å². The van der Waals surface area contributed by atoms with Gasteiger partial charge in [0.25, 0.3) is 5.69 Å². The Balaban J connectivity index is 2.22. The molecular weight excluding hydrogens is 280 g/mol. The van der Waals surface area contributed by atoms with Crippen LogP contribution >= 0.6 is 11.3 Å². The van der Waals surface area contributed by atoms with Crippen molar-refractivity contribution in [2.45, 2.75) is 20.5 Å². The van der Waals surface area contributed by atoms with Crippen LogP contribution in [-0.4, -0.2) is 15.7 Å². The number of aryl methyl sites for hydroxylation is 1. The van der Waals surface area contributed by atoms with E-state index in [9.17, 15) is 14.9 Å². The van der Waals surface area contributed by atoms with Gasteiger partial charge in [-0.3, -0.25) is 14.9 Å². The van der Waals surface area contributed by atoms with E-state index in [-0.39, 0.29) is 23.6 Å². The van der Waals surface area contributed by atoms with Gasteiger partial charge >= 0.3 is 0 Å². The Morgan fingerprint density at radius 2 is 2.25 bits per heavy atom. The first-order valence-electron chi connectivity index (χ1n) is 5.80. The van der Waals surface area contributed by atoms with Crippen LogP contribution in [0.15, 0.2) is 23.6 Å². The van der Waals surface area contributed by atoms with E-state index in [1.807, 2.05) is 12.3 Å². The third-order valence-corrected chi connectivity index (χ3v) is 3.42. The van der Waals surface area contributed by atoms with Crippen LogP contribution in [0.2, 0.25) is 0 Å². The molecule has 0 saturated heterocycles. The summed E-state index contributed by atoms with van der Waals surface area (Å²) in [6, 6.07) is 3.98. The summed E-state index contributed by atoms with van der Waals surface area (Å²) in [5.74, 6) is 0.0481. The number of carbonyl (C=O) groups excluding carboxylic acids is 1. The molecular formula is C13H12N2O4S. The van der Waals surface area contributed by atoms with E-state index in [0.717, 1.165) is 10.7 Å². The maximum atomic E-state index is 11.5. The molecule has 1 aromatic carbocycles. The summed E-state index contributed by atoms with van der Waals surface area (Å²) in [6.45, 7) is 3.46. The second kappa shape index (κ2) is 5.79. The first-order chi connectivity index (χ1) is 9.47. The topological polar surface area (TPSA) is 82.3 Å². The van der Waals surface area contributed by atoms with Crippen molar-refractivity contribution < 1.29 is 14.5 Å². The Morgan fingerprint density at radius 1 is 1.50 bits per heavy atom. The van der Waals surface area contributed by atoms with E-state index >= 15 is 0 Å². The molecule has 1 heterocycles. The zero-order valence-corrected chi connectivity index (χ0v) is 11.8. The van der Waals surface area contributed by atoms with Crippen molar-refractivity contribution in [1.29, 1.82) is 0 Å². The SMILES string of the molecule is CC(=O)c1cc([N+](=O)[O-])ccc1OCc1csc(C)n1. The Morgan fingerprint density at radius 3 is 2.80 bits per heavy atom. The fourth-order valence-electron chi connectivity index (χ4n) is 1.66. The van der Waals surface area contributed by atoms with Crippen LogP contribution in [0.4, 0.5) is 5.69 Å². The average molecular weight is 292 g/mol. The molecule has 0 aliphatic carbocycles. The average Bonchev–Trinajstić information content (AvgIpc) is 2.81. The first kappa shape index (κ1) is 14.1. The second-order valence-corrected chi connectivity index (χ2v) is 5.20. The molecule has 20 heavy (non-hydrogen) atoms. The van der Waals surface area contributed by atoms with Gasteiger partial charge in [-0.15, -0.1) is 11.3 Å². The van der Waals surface area contributed by atoms with E-state index in [2.05, 4.69) is 4.98 Å². The molecule has 2 aromatic rings. The summed E-state index contributed by atoms with van der Waals surface area (Å²) in [5.41, 5.74) is 0.832. The van der Waals surface area contributed by atoms with Gasteiger partial charge in [-0.2, -0.15) is 0 Å². The summed E-state index contributed by atoms with van der Waals surface area (Å²) in [4.78, 5) is 26.0. The predicted octanol–water partition coefficient (Wildman–Crippen LogP) is 3.14. The molecule has 0 bridgehead atoms. The normalized spacial score (nSPS) is 10.3. The van der Waals surface area contributed by atoms with E-state index in [1.165, 1.54) is 36.5 Å². The number of aromatic nitrogens is 1. The second-order valence-electron chi connectivity index (χ2n) is 4.14. The Labute approximate surface area is 119 Å². The standard InChI is InChI=1S/C13H12N2O4S/c1-8(16)12-5-11(15(17)18)3-4-13(12)19-6-10-7-20-9(2)14-10/h3-5,7H,6H2,1-2H3. The molecule has 0 aliphatic heterocycles. The summed E-state index contributed by atoms with van der Waals surface area (Å²) >= 11 is 1.51. The van der Waals surface area contributed by atoms with Crippen LogP contribution in [0.25, 0.3) is 0 Å². The first-order valence-corrected chi connectivity index (χ1v) is 6.68. The number of nitro groups is 1. The number of nitro benzene ring substituents is 1. The van der Waals surface area contributed by atoms with Gasteiger partial charge in [0.2, 0.25) is 0 Å². The van der Waals surface area contributed by atoms with Gasteiger partial charge < -0.3 is 4.74 Å². The highest BCUT2D eigenvalue weighted by atomic mass is 32.1. The van der Waals surface area contributed by atoms with Crippen molar-refractivity contribution in [3.05, 3.63) is 50.0 Å². The summed E-state index contributed by atoms with van der Waals surface area (Å²) < 4.78 is 5.53. The van der Waals surface area contributed by atoms with Crippen LogP contribution in [0.3, 0.4) is 0 Å². The third-order valence-electron chi connectivity index (χ3n) is 2.60. The number of hydrogen-bond acceptors (Lipinski definition) is 6. The quantitative estimate of drug-likeness (QED) is 0.480. The lowest BCUT2D eigenvalue weighted by Crippen LogP contribution is -2.03. The number of ether oxygens (including phenoxy) is 1. The van der Waals surface area contributed by atoms with E-state index in [1.54, 1.807) is 0 Å². The van der Waals surface area contributed by atoms with Gasteiger partial charge in [0.15, 0.2) is 5.78 Å². The van der Waals surface area contributed by atoms with Crippen molar-refractivity contribution in [3.63, 3.8) is 0 Å². The van der Waals surface area contributed by atoms with Gasteiger partial charge in [-0.05, 0) is 19.9 Å². The molecule has 0 amide bonds. The molecule has 2 rings (SSSR count). The number of hydrogen-bond donors (Lipinski definition) is 0. The van der Waals surface area contributed by atoms with Crippen LogP contribution in [0.1, 0.15) is 28.0 Å². The van der Waals surface area contributed by atoms with Gasteiger partial charge in [-0.1, -0.05) is 0 Å². The molecule has 0 atom stereocenters. The number of Topliss-reactive ketones (excluding diaryl/α,β-unsaturated/α-hetero) is 1. The van der Waals surface area contributed by atoms with E-state index in [0.29, 0.717) is 5.75 Å². The number of thiazole rings is 1. The van der Waals surface area contributed by atoms with Gasteiger partial charge in [0.1, 0.15) is 12.4 Å². The highest BCUT2D eigenvalue weighted by Crippen LogP contribution is 2.25. The molecule has 0 fully saturated rings. The van der Waals surface area contributed by atoms with E-state index in [4.69, 9.17) is 4.74 Å². The molecule has 7 heteroatoms. The van der Waals surface area contributed by atoms with E-state index < -0.39 is 4.92 Å². The maximum absolute atomic E-state index is 11.5. The Bertz CT molecular complexity index is 666. The van der Waals surface area contributed by atoms with Crippen molar-refractivity contribution in [1.82, 2.24) is 4.98 Å². The monoisotopic (exact) mass is 292 g/mol. The molecule has 6 nitrogen and oxygen atoms in total. The molecule has 1 aromatic heterocycles. The molecule has 0 saturated carbocycles. The predicted molar refractivity (Wildman–Crippen MR) is 74.3 cm³/mol. The number of nitrogens with zero attached hydrogens (tertiary/aromatic N) is 2. The minimum atomic E-state index is -0.542. The summed E-state index contributed by atoms with van der Waals surface area (Å²) in [5, 5.41) is 13.5. The molecule has 0 N–H and O–H groups in total. The minimum absolute atomic E-state index is 0.132. The Kier molecular flexibility index (Phi) is 4.09. The van der Waals surface area contributed by atoms with Gasteiger partial charge in [-0.25, -0.2) is 4.98 Å². The largest absolute Gasteiger partial charge is 0.486 e. The van der Waals surface area contributed by atoms with Crippen LogP contribution in [-0.2, 0) is 6.61 Å². The molecule has 0 radical (unpaired) electrons. The maximum Gasteiger partial charge on any atom is 0.270 e. The van der Waals surface area contributed by atoms with Crippen molar-refractivity contribution in [2.24, 2.45) is 0 Å². The van der Waals surface area contributed by atoms with Gasteiger partial charge in [0, 0.05) is 17.5 Å². The number of rotatable bonds is 5. The van der Waals surface area contributed by atoms with Crippen molar-refractivity contribution in [3.8, 4) is 5.75 Å². The minimum Gasteiger partial charge on any atom is -0.486 e. The number of ketones is 1. The summed E-state index contributed by atoms with van der Waals surface area (Å²) in [6.07, 6.45) is 0. The molecule has 104 valence electrons. The zero-order chi connectivity index (χ0) is 14.7. The zero-order valence-electron chi connectivity index (χ0n) is 11.0. The lowest BCUT2D eigenvalue weighted by atomic mass is 10.1. The number of benzene rings is 1. The molecule has 0 aliphatic rings. The molecule has 0 unspecified atom stereocenters. The number of non-ortho nitro benzene ring substituents is 1. The fourth-order valence-corrected chi connectivity index (χ4v) is 2.26. The van der Waals surface area contributed by atoms with Crippen molar-refractivity contribution >= 4 is 22.8 Å².